The first-order valence-corrected chi connectivity index (χ1v) is 9.07. The Labute approximate surface area is 150 Å². The Morgan fingerprint density at radius 3 is 2.60 bits per heavy atom. The molecule has 1 heterocycles. The number of hydrogen-bond donors (Lipinski definition) is 1. The fraction of sp³-hybridized carbons (Fsp3) is 0.600. The molecule has 136 valence electrons. The van der Waals surface area contributed by atoms with Gasteiger partial charge in [0.1, 0.15) is 0 Å². The van der Waals surface area contributed by atoms with E-state index in [9.17, 15) is 9.90 Å². The molecule has 25 heavy (non-hydrogen) atoms. The van der Waals surface area contributed by atoms with E-state index in [0.717, 1.165) is 37.2 Å². The molecule has 1 saturated heterocycles. The van der Waals surface area contributed by atoms with Crippen LogP contribution >= 0.6 is 0 Å². The molecule has 0 aliphatic carbocycles. The maximum Gasteiger partial charge on any atom is 0.241 e. The molecule has 0 aromatic heterocycles. The zero-order chi connectivity index (χ0) is 18.4. The van der Waals surface area contributed by atoms with Gasteiger partial charge in [-0.2, -0.15) is 5.26 Å². The molecule has 1 aromatic rings. The number of amides is 1. The molecule has 5 nitrogen and oxygen atoms in total. The molecule has 2 rings (SSSR count). The number of hydrogen-bond acceptors (Lipinski definition) is 4. The Morgan fingerprint density at radius 2 is 2.04 bits per heavy atom. The Bertz CT molecular complexity index is 628. The maximum atomic E-state index is 12.9. The van der Waals surface area contributed by atoms with Crippen LogP contribution < -0.4 is 4.90 Å². The van der Waals surface area contributed by atoms with Crippen LogP contribution in [0.4, 0.5) is 5.69 Å². The first kappa shape index (κ1) is 19.4. The molecule has 1 unspecified atom stereocenters. The zero-order valence-electron chi connectivity index (χ0n) is 15.5. The lowest BCUT2D eigenvalue weighted by atomic mass is 9.92. The fourth-order valence-corrected chi connectivity index (χ4v) is 3.32. The number of piperidine rings is 1. The number of nitriles is 1. The highest BCUT2D eigenvalue weighted by molar-refractivity contribution is 5.95. The summed E-state index contributed by atoms with van der Waals surface area (Å²) in [6.07, 6.45) is 1.89. The summed E-state index contributed by atoms with van der Waals surface area (Å²) in [6.45, 7) is 8.38. The Hall–Kier alpha value is -1.90. The summed E-state index contributed by atoms with van der Waals surface area (Å²) < 4.78 is 0. The van der Waals surface area contributed by atoms with Gasteiger partial charge in [0.25, 0.3) is 0 Å². The fourth-order valence-electron chi connectivity index (χ4n) is 3.32. The Kier molecular flexibility index (Phi) is 6.98. The first-order chi connectivity index (χ1) is 11.9. The van der Waals surface area contributed by atoms with E-state index in [0.29, 0.717) is 25.4 Å². The second-order valence-corrected chi connectivity index (χ2v) is 7.08. The summed E-state index contributed by atoms with van der Waals surface area (Å²) in [4.78, 5) is 16.7. The van der Waals surface area contributed by atoms with E-state index in [4.69, 9.17) is 5.26 Å². The third kappa shape index (κ3) is 5.29. The summed E-state index contributed by atoms with van der Waals surface area (Å²) >= 11 is 0. The van der Waals surface area contributed by atoms with Gasteiger partial charge in [0.2, 0.25) is 5.91 Å². The van der Waals surface area contributed by atoms with Gasteiger partial charge in [-0.15, -0.1) is 0 Å². The number of benzene rings is 1. The van der Waals surface area contributed by atoms with Crippen molar-refractivity contribution in [2.45, 2.75) is 46.1 Å². The minimum Gasteiger partial charge on any atom is -0.393 e. The predicted molar refractivity (Wildman–Crippen MR) is 99.3 cm³/mol. The Morgan fingerprint density at radius 1 is 1.36 bits per heavy atom. The molecular formula is C20H29N3O2. The molecule has 1 fully saturated rings. The lowest BCUT2D eigenvalue weighted by Gasteiger charge is -2.34. The van der Waals surface area contributed by atoms with Crippen molar-refractivity contribution in [1.29, 1.82) is 5.26 Å². The van der Waals surface area contributed by atoms with Gasteiger partial charge in [-0.25, -0.2) is 0 Å². The molecule has 1 amide bonds. The molecule has 1 aliphatic rings. The summed E-state index contributed by atoms with van der Waals surface area (Å²) in [6, 6.07) is 8.13. The third-order valence-corrected chi connectivity index (χ3v) is 5.22. The number of carbonyl (C=O) groups excluding carboxylic acids is 1. The van der Waals surface area contributed by atoms with Crippen LogP contribution in [0, 0.1) is 31.1 Å². The average Bonchev–Trinajstić information content (AvgIpc) is 2.58. The van der Waals surface area contributed by atoms with Crippen molar-refractivity contribution in [2.24, 2.45) is 5.92 Å². The van der Waals surface area contributed by atoms with Gasteiger partial charge in [0.15, 0.2) is 0 Å². The van der Waals surface area contributed by atoms with Gasteiger partial charge in [0, 0.05) is 12.2 Å². The quantitative estimate of drug-likeness (QED) is 0.862. The number of likely N-dealkylation sites (tertiary alicyclic amines) is 1. The van der Waals surface area contributed by atoms with Crippen LogP contribution in [0.1, 0.15) is 37.3 Å². The number of aryl methyl sites for hydroxylation is 2. The highest BCUT2D eigenvalue weighted by Gasteiger charge is 2.25. The van der Waals surface area contributed by atoms with Crippen molar-refractivity contribution >= 4 is 11.6 Å². The SMILES string of the molecule is Cc1ccc(N(CCC#N)C(=O)CN2CCC(C(C)O)CC2)cc1C. The van der Waals surface area contributed by atoms with E-state index in [-0.39, 0.29) is 12.0 Å². The topological polar surface area (TPSA) is 67.6 Å². The largest absolute Gasteiger partial charge is 0.393 e. The van der Waals surface area contributed by atoms with Gasteiger partial charge in [0.05, 0.1) is 25.1 Å². The average molecular weight is 343 g/mol. The standard InChI is InChI=1S/C20H29N3O2/c1-15-5-6-19(13-16(15)2)23(10-4-9-21)20(25)14-22-11-7-18(8-12-22)17(3)24/h5-6,13,17-18,24H,4,7-8,10-12,14H2,1-3H3. The number of aliphatic hydroxyl groups excluding tert-OH is 1. The van der Waals surface area contributed by atoms with Crippen LogP contribution in [0.15, 0.2) is 18.2 Å². The van der Waals surface area contributed by atoms with Gasteiger partial charge in [-0.1, -0.05) is 6.07 Å². The molecule has 0 radical (unpaired) electrons. The van der Waals surface area contributed by atoms with Crippen molar-refractivity contribution in [1.82, 2.24) is 4.90 Å². The number of nitrogens with zero attached hydrogens (tertiary/aromatic N) is 3. The van der Waals surface area contributed by atoms with E-state index in [1.807, 2.05) is 39.0 Å². The van der Waals surface area contributed by atoms with Crippen molar-refractivity contribution < 1.29 is 9.90 Å². The molecular weight excluding hydrogens is 314 g/mol. The number of rotatable bonds is 6. The summed E-state index contributed by atoms with van der Waals surface area (Å²) in [5, 5.41) is 18.6. The zero-order valence-corrected chi connectivity index (χ0v) is 15.5. The molecule has 1 aliphatic heterocycles. The molecule has 1 N–H and O–H groups in total. The van der Waals surface area contributed by atoms with Gasteiger partial charge in [-0.05, 0) is 75.9 Å². The molecule has 0 spiro atoms. The highest BCUT2D eigenvalue weighted by Crippen LogP contribution is 2.22. The maximum absolute atomic E-state index is 12.9. The molecule has 1 aromatic carbocycles. The predicted octanol–water partition coefficient (Wildman–Crippen LogP) is 2.64. The van der Waals surface area contributed by atoms with Gasteiger partial charge >= 0.3 is 0 Å². The molecule has 0 bridgehead atoms. The van der Waals surface area contributed by atoms with E-state index in [2.05, 4.69) is 11.0 Å². The monoisotopic (exact) mass is 343 g/mol. The summed E-state index contributed by atoms with van der Waals surface area (Å²) in [5.41, 5.74) is 3.20. The first-order valence-electron chi connectivity index (χ1n) is 9.07. The van der Waals surface area contributed by atoms with Crippen LogP contribution in [0.25, 0.3) is 0 Å². The van der Waals surface area contributed by atoms with Crippen LogP contribution in [-0.2, 0) is 4.79 Å². The van der Waals surface area contributed by atoms with Crippen LogP contribution in [-0.4, -0.2) is 48.2 Å². The smallest absolute Gasteiger partial charge is 0.241 e. The van der Waals surface area contributed by atoms with Crippen molar-refractivity contribution in [3.05, 3.63) is 29.3 Å². The van der Waals surface area contributed by atoms with Crippen molar-refractivity contribution in [3.8, 4) is 6.07 Å². The molecule has 0 saturated carbocycles. The van der Waals surface area contributed by atoms with E-state index in [1.54, 1.807) is 4.90 Å². The van der Waals surface area contributed by atoms with Gasteiger partial charge < -0.3 is 10.0 Å². The second-order valence-electron chi connectivity index (χ2n) is 7.08. The van der Waals surface area contributed by atoms with Gasteiger partial charge in [-0.3, -0.25) is 9.69 Å². The number of anilines is 1. The molecule has 5 heteroatoms. The normalized spacial score (nSPS) is 17.1. The molecule has 1 atom stereocenters. The van der Waals surface area contributed by atoms with Crippen LogP contribution in [0.5, 0.6) is 0 Å². The van der Waals surface area contributed by atoms with E-state index >= 15 is 0 Å². The number of aliphatic hydroxyl groups is 1. The van der Waals surface area contributed by atoms with Crippen molar-refractivity contribution in [2.75, 3.05) is 31.1 Å². The number of carbonyl (C=O) groups is 1. The minimum absolute atomic E-state index is 0.0361. The minimum atomic E-state index is -0.277. The lowest BCUT2D eigenvalue weighted by Crippen LogP contribution is -2.45. The van der Waals surface area contributed by atoms with Crippen LogP contribution in [0.2, 0.25) is 0 Å². The Balaban J connectivity index is 2.03. The summed E-state index contributed by atoms with van der Waals surface area (Å²) in [5.74, 6) is 0.370. The summed E-state index contributed by atoms with van der Waals surface area (Å²) in [7, 11) is 0. The lowest BCUT2D eigenvalue weighted by molar-refractivity contribution is -0.120. The van der Waals surface area contributed by atoms with Crippen LogP contribution in [0.3, 0.4) is 0 Å². The highest BCUT2D eigenvalue weighted by atomic mass is 16.3. The van der Waals surface area contributed by atoms with E-state index in [1.165, 1.54) is 5.56 Å². The van der Waals surface area contributed by atoms with E-state index < -0.39 is 0 Å². The second kappa shape index (κ2) is 8.98. The van der Waals surface area contributed by atoms with Crippen molar-refractivity contribution in [3.63, 3.8) is 0 Å². The third-order valence-electron chi connectivity index (χ3n) is 5.22.